The molecule has 1 aromatic carbocycles. The van der Waals surface area contributed by atoms with Crippen LogP contribution < -0.4 is 10.6 Å². The second-order valence-corrected chi connectivity index (χ2v) is 10.9. The van der Waals surface area contributed by atoms with Crippen LogP contribution in [0.4, 0.5) is 9.59 Å². The second kappa shape index (κ2) is 14.1. The van der Waals surface area contributed by atoms with Gasteiger partial charge >= 0.3 is 12.1 Å². The van der Waals surface area contributed by atoms with Crippen molar-refractivity contribution < 1.29 is 14.3 Å². The van der Waals surface area contributed by atoms with Crippen LogP contribution in [0.5, 0.6) is 0 Å². The van der Waals surface area contributed by atoms with Crippen molar-refractivity contribution in [3.05, 3.63) is 79.1 Å². The zero-order chi connectivity index (χ0) is 24.2. The number of urea groups is 1. The summed E-state index contributed by atoms with van der Waals surface area (Å²) in [4.78, 5) is 29.4. The molecule has 0 bridgehead atoms. The highest BCUT2D eigenvalue weighted by molar-refractivity contribution is 9.10. The molecule has 2 heterocycles. The number of nitrogens with one attached hydrogen (secondary N) is 2. The topological polar surface area (TPSA) is 70.7 Å². The summed E-state index contributed by atoms with van der Waals surface area (Å²) in [6.07, 6.45) is 2.30. The van der Waals surface area contributed by atoms with E-state index in [-0.39, 0.29) is 24.8 Å². The van der Waals surface area contributed by atoms with Gasteiger partial charge < -0.3 is 15.4 Å². The van der Waals surface area contributed by atoms with Gasteiger partial charge in [-0.15, -0.1) is 22.7 Å². The average Bonchev–Trinajstić information content (AvgIpc) is 3.54. The van der Waals surface area contributed by atoms with Crippen molar-refractivity contribution in [3.8, 4) is 0 Å². The lowest BCUT2D eigenvalue weighted by Crippen LogP contribution is -2.45. The third kappa shape index (κ3) is 9.12. The number of unbranched alkanes of at least 4 members (excludes halogenated alkanes) is 1. The van der Waals surface area contributed by atoms with Crippen LogP contribution in [0.15, 0.2) is 63.8 Å². The molecule has 34 heavy (non-hydrogen) atoms. The molecule has 3 aromatic rings. The maximum absolute atomic E-state index is 13.0. The smallest absolute Gasteiger partial charge is 0.410 e. The molecule has 0 saturated carbocycles. The highest BCUT2D eigenvalue weighted by atomic mass is 79.9. The van der Waals surface area contributed by atoms with Crippen molar-refractivity contribution >= 4 is 50.7 Å². The normalized spacial score (nSPS) is 11.6. The number of carbonyl (C=O) groups excluding carboxylic acids is 2. The van der Waals surface area contributed by atoms with Crippen molar-refractivity contribution in [2.24, 2.45) is 0 Å². The molecule has 0 aliphatic heterocycles. The summed E-state index contributed by atoms with van der Waals surface area (Å²) in [7, 11) is 0. The molecule has 0 unspecified atom stereocenters. The number of benzene rings is 1. The number of halogens is 1. The summed E-state index contributed by atoms with van der Waals surface area (Å²) in [5, 5.41) is 9.85. The summed E-state index contributed by atoms with van der Waals surface area (Å²) >= 11 is 6.64. The van der Waals surface area contributed by atoms with Gasteiger partial charge in [0.1, 0.15) is 6.61 Å². The largest absolute Gasteiger partial charge is 0.447 e. The van der Waals surface area contributed by atoms with Crippen LogP contribution in [0.25, 0.3) is 0 Å². The van der Waals surface area contributed by atoms with E-state index in [2.05, 4.69) is 33.5 Å². The Bertz CT molecular complexity index is 959. The first kappa shape index (κ1) is 26.2. The molecule has 6 nitrogen and oxygen atoms in total. The van der Waals surface area contributed by atoms with E-state index in [1.54, 1.807) is 27.6 Å². The van der Waals surface area contributed by atoms with Gasteiger partial charge in [-0.25, -0.2) is 9.59 Å². The van der Waals surface area contributed by atoms with Crippen LogP contribution >= 0.6 is 38.6 Å². The molecule has 0 aliphatic rings. The summed E-state index contributed by atoms with van der Waals surface area (Å²) < 4.78 is 6.68. The Morgan fingerprint density at radius 1 is 1.03 bits per heavy atom. The second-order valence-electron chi connectivity index (χ2n) is 7.88. The van der Waals surface area contributed by atoms with Gasteiger partial charge in [-0.3, -0.25) is 4.90 Å². The van der Waals surface area contributed by atoms with Crippen LogP contribution in [0.2, 0.25) is 0 Å². The number of thiophene rings is 2. The van der Waals surface area contributed by atoms with E-state index in [0.29, 0.717) is 19.6 Å². The SMILES string of the molecule is CCCC[C@@H](COC(=O)N(Cc1cccs1)Cc1cccs1)NC(=O)NCc1ccc(Br)cc1. The molecule has 9 heteroatoms. The maximum atomic E-state index is 13.0. The fourth-order valence-corrected chi connectivity index (χ4v) is 5.00. The number of amides is 3. The minimum absolute atomic E-state index is 0.135. The molecule has 0 radical (unpaired) electrons. The van der Waals surface area contributed by atoms with E-state index in [1.165, 1.54) is 0 Å². The zero-order valence-electron chi connectivity index (χ0n) is 19.2. The number of ether oxygens (including phenoxy) is 1. The third-order valence-electron chi connectivity index (χ3n) is 5.13. The predicted octanol–water partition coefficient (Wildman–Crippen LogP) is 6.77. The van der Waals surface area contributed by atoms with Crippen LogP contribution in [0, 0.1) is 0 Å². The van der Waals surface area contributed by atoms with Gasteiger partial charge in [0.25, 0.3) is 0 Å². The Balaban J connectivity index is 1.53. The fourth-order valence-electron chi connectivity index (χ4n) is 3.30. The number of nitrogens with zero attached hydrogens (tertiary/aromatic N) is 1. The van der Waals surface area contributed by atoms with E-state index in [4.69, 9.17) is 4.74 Å². The van der Waals surface area contributed by atoms with E-state index in [9.17, 15) is 9.59 Å². The van der Waals surface area contributed by atoms with E-state index in [1.807, 2.05) is 59.3 Å². The fraction of sp³-hybridized carbons (Fsp3) is 0.360. The minimum atomic E-state index is -0.375. The first-order valence-corrected chi connectivity index (χ1v) is 13.8. The molecule has 3 rings (SSSR count). The van der Waals surface area contributed by atoms with Gasteiger partial charge in [0.15, 0.2) is 0 Å². The van der Waals surface area contributed by atoms with Crippen LogP contribution in [-0.4, -0.2) is 29.7 Å². The first-order valence-electron chi connectivity index (χ1n) is 11.3. The molecular weight excluding hydrogens is 534 g/mol. The highest BCUT2D eigenvalue weighted by Crippen LogP contribution is 2.18. The van der Waals surface area contributed by atoms with Crippen molar-refractivity contribution in [1.29, 1.82) is 0 Å². The van der Waals surface area contributed by atoms with Gasteiger partial charge in [0.05, 0.1) is 19.1 Å². The van der Waals surface area contributed by atoms with Gasteiger partial charge in [-0.2, -0.15) is 0 Å². The van der Waals surface area contributed by atoms with E-state index < -0.39 is 0 Å². The zero-order valence-corrected chi connectivity index (χ0v) is 22.4. The Labute approximate surface area is 217 Å². The molecule has 0 fully saturated rings. The lowest BCUT2D eigenvalue weighted by molar-refractivity contribution is 0.0880. The van der Waals surface area contributed by atoms with Crippen molar-refractivity contribution in [3.63, 3.8) is 0 Å². The van der Waals surface area contributed by atoms with Crippen LogP contribution in [-0.2, 0) is 24.4 Å². The first-order chi connectivity index (χ1) is 16.5. The number of carbonyl (C=O) groups is 2. The molecule has 182 valence electrons. The molecule has 2 N–H and O–H groups in total. The van der Waals surface area contributed by atoms with Gasteiger partial charge in [-0.05, 0) is 47.0 Å². The maximum Gasteiger partial charge on any atom is 0.410 e. The number of hydrogen-bond donors (Lipinski definition) is 2. The van der Waals surface area contributed by atoms with Crippen molar-refractivity contribution in [2.45, 2.75) is 51.9 Å². The number of rotatable bonds is 12. The van der Waals surface area contributed by atoms with Gasteiger partial charge in [0.2, 0.25) is 0 Å². The summed E-state index contributed by atoms with van der Waals surface area (Å²) in [6, 6.07) is 15.3. The molecule has 0 spiro atoms. The van der Waals surface area contributed by atoms with Crippen molar-refractivity contribution in [2.75, 3.05) is 6.61 Å². The highest BCUT2D eigenvalue weighted by Gasteiger charge is 2.20. The number of hydrogen-bond acceptors (Lipinski definition) is 5. The van der Waals surface area contributed by atoms with Crippen molar-refractivity contribution in [1.82, 2.24) is 15.5 Å². The monoisotopic (exact) mass is 563 g/mol. The summed E-state index contributed by atoms with van der Waals surface area (Å²) in [5.74, 6) is 0. The molecular formula is C25H30BrN3O3S2. The van der Waals surface area contributed by atoms with Gasteiger partial charge in [-0.1, -0.05) is 60.0 Å². The standard InChI is InChI=1S/C25H30BrN3O3S2/c1-2-3-6-21(28-24(30)27-15-19-9-11-20(26)12-10-19)18-32-25(31)29(16-22-7-4-13-33-22)17-23-8-5-14-34-23/h4-5,7-14,21H,2-3,6,15-18H2,1H3,(H2,27,28,30)/t21-/m0/s1. The van der Waals surface area contributed by atoms with E-state index in [0.717, 1.165) is 39.1 Å². The molecule has 3 amide bonds. The molecule has 1 atom stereocenters. The van der Waals surface area contributed by atoms with Gasteiger partial charge in [0, 0.05) is 20.8 Å². The average molecular weight is 565 g/mol. The molecule has 0 saturated heterocycles. The lowest BCUT2D eigenvalue weighted by Gasteiger charge is -2.24. The predicted molar refractivity (Wildman–Crippen MR) is 142 cm³/mol. The Hall–Kier alpha value is -2.36. The summed E-state index contributed by atoms with van der Waals surface area (Å²) in [6.45, 7) is 3.65. The van der Waals surface area contributed by atoms with Crippen LogP contribution in [0.1, 0.15) is 41.5 Å². The molecule has 0 aliphatic carbocycles. The Morgan fingerprint density at radius 3 is 2.24 bits per heavy atom. The third-order valence-corrected chi connectivity index (χ3v) is 7.38. The lowest BCUT2D eigenvalue weighted by atomic mass is 10.1. The Kier molecular flexibility index (Phi) is 10.9. The summed E-state index contributed by atoms with van der Waals surface area (Å²) in [5.41, 5.74) is 1.01. The van der Waals surface area contributed by atoms with E-state index >= 15 is 0 Å². The molecule has 2 aromatic heterocycles. The quantitative estimate of drug-likeness (QED) is 0.255. The Morgan fingerprint density at radius 2 is 1.68 bits per heavy atom. The minimum Gasteiger partial charge on any atom is -0.447 e. The van der Waals surface area contributed by atoms with Crippen LogP contribution in [0.3, 0.4) is 0 Å².